The van der Waals surface area contributed by atoms with Crippen molar-refractivity contribution in [3.63, 3.8) is 0 Å². The fourth-order valence-corrected chi connectivity index (χ4v) is 1.59. The molecule has 2 aromatic rings. The molecule has 0 atom stereocenters. The van der Waals surface area contributed by atoms with Crippen LogP contribution in [0.4, 0.5) is 4.39 Å². The Kier molecular flexibility index (Phi) is 3.55. The summed E-state index contributed by atoms with van der Waals surface area (Å²) in [5.74, 6) is 0.00286. The number of rotatable bonds is 3. The van der Waals surface area contributed by atoms with Crippen molar-refractivity contribution in [2.75, 3.05) is 0 Å². The van der Waals surface area contributed by atoms with Gasteiger partial charge in [0.05, 0.1) is 0 Å². The topological polar surface area (TPSA) is 20.2 Å². The van der Waals surface area contributed by atoms with Gasteiger partial charge in [-0.2, -0.15) is 0 Å². The van der Waals surface area contributed by atoms with Crippen molar-refractivity contribution >= 4 is 6.08 Å². The maximum atomic E-state index is 13.7. The zero-order valence-electron chi connectivity index (χ0n) is 9.31. The number of hydrogen-bond donors (Lipinski definition) is 1. The fourth-order valence-electron chi connectivity index (χ4n) is 1.59. The fraction of sp³-hybridized carbons (Fsp3) is 0.0667. The highest BCUT2D eigenvalue weighted by molar-refractivity contribution is 5.51. The first-order valence-corrected chi connectivity index (χ1v) is 5.43. The molecule has 0 spiro atoms. The maximum Gasteiger partial charge on any atom is 0.115 e. The summed E-state index contributed by atoms with van der Waals surface area (Å²) in [4.78, 5) is 0. The quantitative estimate of drug-likeness (QED) is 0.843. The van der Waals surface area contributed by atoms with E-state index < -0.39 is 0 Å². The Morgan fingerprint density at radius 3 is 2.29 bits per heavy atom. The highest BCUT2D eigenvalue weighted by atomic mass is 19.1. The van der Waals surface area contributed by atoms with Crippen molar-refractivity contribution in [2.24, 2.45) is 0 Å². The SMILES string of the molecule is Oc1ccc(C/C(F)=C/c2ccccc2)cc1. The number of hydrogen-bond acceptors (Lipinski definition) is 1. The minimum Gasteiger partial charge on any atom is -0.508 e. The molecule has 0 aliphatic heterocycles. The molecule has 0 fully saturated rings. The van der Waals surface area contributed by atoms with Gasteiger partial charge in [0.1, 0.15) is 11.6 Å². The zero-order chi connectivity index (χ0) is 12.1. The van der Waals surface area contributed by atoms with E-state index in [9.17, 15) is 4.39 Å². The standard InChI is InChI=1S/C15H13FO/c16-14(10-12-4-2-1-3-5-12)11-13-6-8-15(17)9-7-13/h1-10,17H,11H2/b14-10-. The maximum absolute atomic E-state index is 13.7. The van der Waals surface area contributed by atoms with E-state index in [-0.39, 0.29) is 18.0 Å². The van der Waals surface area contributed by atoms with Crippen molar-refractivity contribution in [3.8, 4) is 5.75 Å². The molecule has 86 valence electrons. The lowest BCUT2D eigenvalue weighted by molar-refractivity contribution is 0.475. The van der Waals surface area contributed by atoms with E-state index >= 15 is 0 Å². The Balaban J connectivity index is 2.09. The number of benzene rings is 2. The predicted octanol–water partition coefficient (Wildman–Crippen LogP) is 3.95. The van der Waals surface area contributed by atoms with E-state index in [0.29, 0.717) is 0 Å². The van der Waals surface area contributed by atoms with Gasteiger partial charge in [0.2, 0.25) is 0 Å². The molecule has 0 aromatic heterocycles. The van der Waals surface area contributed by atoms with Gasteiger partial charge >= 0.3 is 0 Å². The molecule has 1 nitrogen and oxygen atoms in total. The van der Waals surface area contributed by atoms with Crippen LogP contribution in [-0.4, -0.2) is 5.11 Å². The lowest BCUT2D eigenvalue weighted by Crippen LogP contribution is -1.85. The highest BCUT2D eigenvalue weighted by Crippen LogP contribution is 2.16. The van der Waals surface area contributed by atoms with E-state index in [1.165, 1.54) is 6.08 Å². The summed E-state index contributed by atoms with van der Waals surface area (Å²) in [5, 5.41) is 9.12. The van der Waals surface area contributed by atoms with Crippen LogP contribution in [-0.2, 0) is 6.42 Å². The summed E-state index contributed by atoms with van der Waals surface area (Å²) in [7, 11) is 0. The number of allylic oxidation sites excluding steroid dienone is 1. The second kappa shape index (κ2) is 5.30. The van der Waals surface area contributed by atoms with Crippen LogP contribution in [0.5, 0.6) is 5.75 Å². The number of halogens is 1. The molecular formula is C15H13FO. The number of aromatic hydroxyl groups is 1. The van der Waals surface area contributed by atoms with Crippen molar-refractivity contribution in [3.05, 3.63) is 71.6 Å². The first-order chi connectivity index (χ1) is 8.24. The summed E-state index contributed by atoms with van der Waals surface area (Å²) in [5.41, 5.74) is 1.69. The van der Waals surface area contributed by atoms with Gasteiger partial charge in [0.15, 0.2) is 0 Å². The monoisotopic (exact) mass is 228 g/mol. The first-order valence-electron chi connectivity index (χ1n) is 5.43. The predicted molar refractivity (Wildman–Crippen MR) is 67.3 cm³/mol. The number of phenolic OH excluding ortho intramolecular Hbond substituents is 1. The highest BCUT2D eigenvalue weighted by Gasteiger charge is 1.99. The molecule has 1 N–H and O–H groups in total. The van der Waals surface area contributed by atoms with Crippen molar-refractivity contribution in [1.29, 1.82) is 0 Å². The summed E-state index contributed by atoms with van der Waals surface area (Å²) in [6.07, 6.45) is 1.77. The molecule has 0 heterocycles. The number of phenols is 1. The molecule has 2 heteroatoms. The lowest BCUT2D eigenvalue weighted by Gasteiger charge is -2.00. The van der Waals surface area contributed by atoms with Gasteiger partial charge in [0.25, 0.3) is 0 Å². The minimum absolute atomic E-state index is 0.193. The van der Waals surface area contributed by atoms with E-state index in [1.807, 2.05) is 30.3 Å². The summed E-state index contributed by atoms with van der Waals surface area (Å²) in [6, 6.07) is 15.9. The van der Waals surface area contributed by atoms with Gasteiger partial charge in [-0.1, -0.05) is 42.5 Å². The molecule has 0 saturated heterocycles. The Hall–Kier alpha value is -2.09. The molecule has 2 aromatic carbocycles. The molecule has 2 rings (SSSR count). The molecule has 0 amide bonds. The van der Waals surface area contributed by atoms with Crippen molar-refractivity contribution < 1.29 is 9.50 Å². The van der Waals surface area contributed by atoms with Gasteiger partial charge in [0, 0.05) is 6.42 Å². The Morgan fingerprint density at radius 1 is 1.00 bits per heavy atom. The molecular weight excluding hydrogens is 215 g/mol. The third-order valence-electron chi connectivity index (χ3n) is 2.43. The van der Waals surface area contributed by atoms with Crippen LogP contribution in [0.1, 0.15) is 11.1 Å². The van der Waals surface area contributed by atoms with Crippen LogP contribution in [0.3, 0.4) is 0 Å². The first kappa shape index (κ1) is 11.4. The largest absolute Gasteiger partial charge is 0.508 e. The normalized spacial score (nSPS) is 11.5. The van der Waals surface area contributed by atoms with Crippen LogP contribution in [0, 0.1) is 0 Å². The molecule has 0 radical (unpaired) electrons. The third kappa shape index (κ3) is 3.45. The van der Waals surface area contributed by atoms with Crippen LogP contribution >= 0.6 is 0 Å². The van der Waals surface area contributed by atoms with Crippen LogP contribution in [0.15, 0.2) is 60.4 Å². The zero-order valence-corrected chi connectivity index (χ0v) is 9.31. The molecule has 0 unspecified atom stereocenters. The summed E-state index contributed by atoms with van der Waals surface area (Å²) in [6.45, 7) is 0. The van der Waals surface area contributed by atoms with E-state index in [0.717, 1.165) is 11.1 Å². The lowest BCUT2D eigenvalue weighted by atomic mass is 10.1. The Bertz CT molecular complexity index is 500. The second-order valence-electron chi connectivity index (χ2n) is 3.85. The average Bonchev–Trinajstić information content (AvgIpc) is 2.33. The molecule has 0 bridgehead atoms. The Labute approximate surface area is 99.9 Å². The van der Waals surface area contributed by atoms with Gasteiger partial charge in [-0.05, 0) is 29.3 Å². The molecule has 0 saturated carbocycles. The second-order valence-corrected chi connectivity index (χ2v) is 3.85. The van der Waals surface area contributed by atoms with Gasteiger partial charge < -0.3 is 5.11 Å². The molecule has 0 aliphatic rings. The summed E-state index contributed by atoms with van der Waals surface area (Å²) >= 11 is 0. The molecule has 17 heavy (non-hydrogen) atoms. The van der Waals surface area contributed by atoms with E-state index in [4.69, 9.17) is 5.11 Å². The van der Waals surface area contributed by atoms with Gasteiger partial charge in [-0.3, -0.25) is 0 Å². The van der Waals surface area contributed by atoms with E-state index in [1.54, 1.807) is 24.3 Å². The van der Waals surface area contributed by atoms with Gasteiger partial charge in [-0.25, -0.2) is 4.39 Å². The Morgan fingerprint density at radius 2 is 1.65 bits per heavy atom. The van der Waals surface area contributed by atoms with E-state index in [2.05, 4.69) is 0 Å². The van der Waals surface area contributed by atoms with Crippen LogP contribution < -0.4 is 0 Å². The van der Waals surface area contributed by atoms with Crippen LogP contribution in [0.25, 0.3) is 6.08 Å². The average molecular weight is 228 g/mol. The van der Waals surface area contributed by atoms with Crippen LogP contribution in [0.2, 0.25) is 0 Å². The van der Waals surface area contributed by atoms with Crippen molar-refractivity contribution in [1.82, 2.24) is 0 Å². The van der Waals surface area contributed by atoms with Crippen molar-refractivity contribution in [2.45, 2.75) is 6.42 Å². The minimum atomic E-state index is -0.193. The third-order valence-corrected chi connectivity index (χ3v) is 2.43. The smallest absolute Gasteiger partial charge is 0.115 e. The summed E-state index contributed by atoms with van der Waals surface area (Å²) < 4.78 is 13.7. The van der Waals surface area contributed by atoms with Gasteiger partial charge in [-0.15, -0.1) is 0 Å². The molecule has 0 aliphatic carbocycles.